The maximum atomic E-state index is 11.8. The second-order valence-electron chi connectivity index (χ2n) is 3.98. The number of fused-ring (bicyclic) bond motifs is 1. The predicted molar refractivity (Wildman–Crippen MR) is 54.0 cm³/mol. The SMILES string of the molecule is COC(=O)C12C=COC(O)C1C(CO)=CC2. The monoisotopic (exact) mass is 226 g/mol. The van der Waals surface area contributed by atoms with Crippen molar-refractivity contribution in [2.75, 3.05) is 13.7 Å². The highest BCUT2D eigenvalue weighted by Gasteiger charge is 2.54. The molecule has 88 valence electrons. The van der Waals surface area contributed by atoms with Gasteiger partial charge in [-0.2, -0.15) is 0 Å². The first-order chi connectivity index (χ1) is 7.65. The molecule has 0 spiro atoms. The van der Waals surface area contributed by atoms with E-state index in [4.69, 9.17) is 9.47 Å². The second kappa shape index (κ2) is 3.92. The van der Waals surface area contributed by atoms with Gasteiger partial charge in [-0.15, -0.1) is 0 Å². The molecule has 0 amide bonds. The molecular weight excluding hydrogens is 212 g/mol. The van der Waals surface area contributed by atoms with Crippen LogP contribution in [-0.4, -0.2) is 36.2 Å². The number of esters is 1. The minimum Gasteiger partial charge on any atom is -0.472 e. The Hall–Kier alpha value is -1.33. The average Bonchev–Trinajstić information content (AvgIpc) is 2.69. The molecule has 0 saturated carbocycles. The first-order valence-corrected chi connectivity index (χ1v) is 5.05. The van der Waals surface area contributed by atoms with Gasteiger partial charge < -0.3 is 19.7 Å². The lowest BCUT2D eigenvalue weighted by Crippen LogP contribution is -2.45. The van der Waals surface area contributed by atoms with Gasteiger partial charge in [0.1, 0.15) is 5.41 Å². The van der Waals surface area contributed by atoms with Gasteiger partial charge in [0.2, 0.25) is 6.29 Å². The molecule has 1 aliphatic heterocycles. The van der Waals surface area contributed by atoms with E-state index in [1.165, 1.54) is 13.4 Å². The largest absolute Gasteiger partial charge is 0.472 e. The summed E-state index contributed by atoms with van der Waals surface area (Å²) < 4.78 is 9.72. The molecule has 0 bridgehead atoms. The van der Waals surface area contributed by atoms with Crippen molar-refractivity contribution in [1.82, 2.24) is 0 Å². The Kier molecular flexibility index (Phi) is 2.73. The minimum absolute atomic E-state index is 0.197. The van der Waals surface area contributed by atoms with E-state index in [-0.39, 0.29) is 6.61 Å². The summed E-state index contributed by atoms with van der Waals surface area (Å²) in [7, 11) is 1.31. The quantitative estimate of drug-likeness (QED) is 0.510. The Morgan fingerprint density at radius 1 is 1.75 bits per heavy atom. The molecule has 3 unspecified atom stereocenters. The van der Waals surface area contributed by atoms with Crippen LogP contribution in [0.2, 0.25) is 0 Å². The van der Waals surface area contributed by atoms with Crippen molar-refractivity contribution in [1.29, 1.82) is 0 Å². The highest BCUT2D eigenvalue weighted by atomic mass is 16.6. The Bertz CT molecular complexity index is 359. The summed E-state index contributed by atoms with van der Waals surface area (Å²) in [6.45, 7) is -0.197. The lowest BCUT2D eigenvalue weighted by molar-refractivity contribution is -0.167. The molecule has 0 radical (unpaired) electrons. The lowest BCUT2D eigenvalue weighted by atomic mass is 9.73. The number of aliphatic hydroxyl groups excluding tert-OH is 2. The lowest BCUT2D eigenvalue weighted by Gasteiger charge is -2.36. The highest BCUT2D eigenvalue weighted by Crippen LogP contribution is 2.49. The molecule has 3 atom stereocenters. The van der Waals surface area contributed by atoms with Gasteiger partial charge >= 0.3 is 5.97 Å². The van der Waals surface area contributed by atoms with E-state index in [0.29, 0.717) is 12.0 Å². The third kappa shape index (κ3) is 1.36. The molecular formula is C11H14O5. The highest BCUT2D eigenvalue weighted by molar-refractivity contribution is 5.81. The van der Waals surface area contributed by atoms with Gasteiger partial charge in [0.05, 0.1) is 25.9 Å². The summed E-state index contributed by atoms with van der Waals surface area (Å²) in [4.78, 5) is 11.8. The third-order valence-electron chi connectivity index (χ3n) is 3.27. The minimum atomic E-state index is -1.12. The maximum absolute atomic E-state index is 11.8. The van der Waals surface area contributed by atoms with E-state index in [2.05, 4.69) is 0 Å². The molecule has 2 aliphatic rings. The fraction of sp³-hybridized carbons (Fsp3) is 0.545. The number of allylic oxidation sites excluding steroid dienone is 1. The average molecular weight is 226 g/mol. The summed E-state index contributed by atoms with van der Waals surface area (Å²) in [6, 6.07) is 0. The number of carbonyl (C=O) groups is 1. The summed E-state index contributed by atoms with van der Waals surface area (Å²) in [5.74, 6) is -0.981. The fourth-order valence-corrected chi connectivity index (χ4v) is 2.45. The molecule has 0 fully saturated rings. The van der Waals surface area contributed by atoms with Crippen LogP contribution in [0.25, 0.3) is 0 Å². The Morgan fingerprint density at radius 3 is 3.12 bits per heavy atom. The number of hydrogen-bond donors (Lipinski definition) is 2. The van der Waals surface area contributed by atoms with Crippen molar-refractivity contribution in [2.45, 2.75) is 12.7 Å². The molecule has 0 aromatic rings. The van der Waals surface area contributed by atoms with Gasteiger partial charge in [-0.1, -0.05) is 6.08 Å². The van der Waals surface area contributed by atoms with Crippen LogP contribution in [-0.2, 0) is 14.3 Å². The van der Waals surface area contributed by atoms with Crippen molar-refractivity contribution < 1.29 is 24.5 Å². The molecule has 5 nitrogen and oxygen atoms in total. The van der Waals surface area contributed by atoms with E-state index in [1.54, 1.807) is 12.2 Å². The van der Waals surface area contributed by atoms with Crippen LogP contribution >= 0.6 is 0 Å². The zero-order valence-corrected chi connectivity index (χ0v) is 8.92. The zero-order valence-electron chi connectivity index (χ0n) is 8.92. The molecule has 0 saturated heterocycles. The van der Waals surface area contributed by atoms with E-state index in [1.807, 2.05) is 0 Å². The number of ether oxygens (including phenoxy) is 2. The number of rotatable bonds is 2. The van der Waals surface area contributed by atoms with Crippen molar-refractivity contribution in [3.8, 4) is 0 Å². The molecule has 5 heteroatoms. The Labute approximate surface area is 93.0 Å². The van der Waals surface area contributed by atoms with Crippen molar-refractivity contribution in [3.63, 3.8) is 0 Å². The van der Waals surface area contributed by atoms with Crippen LogP contribution in [0, 0.1) is 11.3 Å². The van der Waals surface area contributed by atoms with Crippen LogP contribution in [0.1, 0.15) is 6.42 Å². The van der Waals surface area contributed by atoms with Crippen LogP contribution < -0.4 is 0 Å². The van der Waals surface area contributed by atoms with Crippen LogP contribution in [0.15, 0.2) is 24.0 Å². The smallest absolute Gasteiger partial charge is 0.316 e. The maximum Gasteiger partial charge on any atom is 0.316 e. The molecule has 2 N–H and O–H groups in total. The number of methoxy groups -OCH3 is 1. The van der Waals surface area contributed by atoms with Gasteiger partial charge in [-0.3, -0.25) is 4.79 Å². The second-order valence-corrected chi connectivity index (χ2v) is 3.98. The van der Waals surface area contributed by atoms with Gasteiger partial charge in [0.25, 0.3) is 0 Å². The van der Waals surface area contributed by atoms with Gasteiger partial charge in [-0.05, 0) is 18.1 Å². The fourth-order valence-electron chi connectivity index (χ4n) is 2.45. The number of carbonyl (C=O) groups excluding carboxylic acids is 1. The first-order valence-electron chi connectivity index (χ1n) is 5.05. The zero-order chi connectivity index (χ0) is 11.8. The van der Waals surface area contributed by atoms with Gasteiger partial charge in [0.15, 0.2) is 0 Å². The number of hydrogen-bond acceptors (Lipinski definition) is 5. The normalized spacial score (nSPS) is 36.3. The van der Waals surface area contributed by atoms with Crippen molar-refractivity contribution in [2.24, 2.45) is 11.3 Å². The molecule has 1 heterocycles. The molecule has 0 aromatic heterocycles. The van der Waals surface area contributed by atoms with Crippen LogP contribution in [0.3, 0.4) is 0 Å². The molecule has 0 aromatic carbocycles. The van der Waals surface area contributed by atoms with E-state index >= 15 is 0 Å². The third-order valence-corrected chi connectivity index (χ3v) is 3.27. The van der Waals surface area contributed by atoms with E-state index in [9.17, 15) is 15.0 Å². The standard InChI is InChI=1S/C11H14O5/c1-15-10(14)11-3-2-7(6-12)8(11)9(13)16-5-4-11/h2,4-5,8-9,12-13H,3,6H2,1H3. The van der Waals surface area contributed by atoms with Crippen molar-refractivity contribution >= 4 is 5.97 Å². The summed E-state index contributed by atoms with van der Waals surface area (Å²) >= 11 is 0. The molecule has 1 aliphatic carbocycles. The Morgan fingerprint density at radius 2 is 2.50 bits per heavy atom. The van der Waals surface area contributed by atoms with E-state index in [0.717, 1.165) is 0 Å². The van der Waals surface area contributed by atoms with Gasteiger partial charge in [0, 0.05) is 0 Å². The summed E-state index contributed by atoms with van der Waals surface area (Å²) in [5.41, 5.74) is -0.313. The Balaban J connectivity index is 2.40. The van der Waals surface area contributed by atoms with Crippen LogP contribution in [0.4, 0.5) is 0 Å². The van der Waals surface area contributed by atoms with Crippen molar-refractivity contribution in [3.05, 3.63) is 24.0 Å². The van der Waals surface area contributed by atoms with E-state index < -0.39 is 23.6 Å². The summed E-state index contributed by atoms with van der Waals surface area (Å²) in [6.07, 6.45) is 3.95. The topological polar surface area (TPSA) is 76.0 Å². The molecule has 2 rings (SSSR count). The van der Waals surface area contributed by atoms with Gasteiger partial charge in [-0.25, -0.2) is 0 Å². The number of aliphatic hydroxyl groups is 2. The predicted octanol–water partition coefficient (Wildman–Crippen LogP) is -0.0533. The summed E-state index contributed by atoms with van der Waals surface area (Å²) in [5, 5.41) is 18.9. The molecule has 16 heavy (non-hydrogen) atoms. The first kappa shape index (κ1) is 11.2. The van der Waals surface area contributed by atoms with Crippen LogP contribution in [0.5, 0.6) is 0 Å².